The zero-order valence-electron chi connectivity index (χ0n) is 35.6. The monoisotopic (exact) mass is 810 g/mol. The first-order chi connectivity index (χ1) is 28.4. The van der Waals surface area contributed by atoms with Crippen LogP contribution in [0.15, 0.2) is 94.0 Å². The molecule has 60 heavy (non-hydrogen) atoms. The van der Waals surface area contributed by atoms with Crippen LogP contribution in [0.1, 0.15) is 112 Å². The molecule has 6 N–H and O–H groups in total. The number of ether oxygens (including phenoxy) is 2. The lowest BCUT2D eigenvalue weighted by Gasteiger charge is -2.28. The highest BCUT2D eigenvalue weighted by molar-refractivity contribution is 6.05. The number of benzene rings is 4. The lowest BCUT2D eigenvalue weighted by atomic mass is 9.84. The van der Waals surface area contributed by atoms with E-state index in [0.29, 0.717) is 69.5 Å². The standard InChI is InChI=1S/C51H54O9/c1-25(2)10-14-30-18-36(42(54)22-40(30)52)51-45(38-21-43(55)47(57)33(49(38)60-51)17-13-28(7)8)29(9)34-20-35-39-24-58-44-23-41(53)31(15-11-26(3)4)19-37(44)50(39)59-48(35)32(46(34)56)16-12-27(5)6/h10-13,18-23,39,50,52-57H,9,14-17,24H2,1-8H3/t39-,50-/m0/s1. The van der Waals surface area contributed by atoms with Crippen molar-refractivity contribution in [2.75, 3.05) is 6.61 Å². The Labute approximate surface area is 351 Å². The molecule has 2 atom stereocenters. The van der Waals surface area contributed by atoms with Crippen molar-refractivity contribution in [2.24, 2.45) is 0 Å². The van der Waals surface area contributed by atoms with Crippen LogP contribution in [0.2, 0.25) is 0 Å². The molecular formula is C51H54O9. The van der Waals surface area contributed by atoms with Crippen molar-refractivity contribution in [3.63, 3.8) is 0 Å². The third kappa shape index (κ3) is 7.72. The molecule has 0 aliphatic carbocycles. The predicted octanol–water partition coefficient (Wildman–Crippen LogP) is 12.0. The summed E-state index contributed by atoms with van der Waals surface area (Å²) in [6.45, 7) is 20.6. The van der Waals surface area contributed by atoms with Crippen molar-refractivity contribution in [3.8, 4) is 57.3 Å². The first-order valence-corrected chi connectivity index (χ1v) is 20.3. The van der Waals surface area contributed by atoms with Crippen LogP contribution in [0.4, 0.5) is 0 Å². The van der Waals surface area contributed by atoms with Crippen LogP contribution < -0.4 is 9.47 Å². The molecule has 2 aliphatic rings. The highest BCUT2D eigenvalue weighted by atomic mass is 16.5. The normalized spacial score (nSPS) is 14.9. The van der Waals surface area contributed by atoms with Crippen LogP contribution in [0.5, 0.6) is 46.0 Å². The van der Waals surface area contributed by atoms with Gasteiger partial charge in [0.2, 0.25) is 0 Å². The minimum Gasteiger partial charge on any atom is -0.508 e. The molecule has 0 saturated heterocycles. The van der Waals surface area contributed by atoms with E-state index in [1.54, 1.807) is 12.1 Å². The van der Waals surface area contributed by atoms with E-state index in [1.165, 1.54) is 12.1 Å². The summed E-state index contributed by atoms with van der Waals surface area (Å²) >= 11 is 0. The Kier molecular flexibility index (Phi) is 11.3. The van der Waals surface area contributed by atoms with Gasteiger partial charge in [-0.1, -0.05) is 53.2 Å². The molecule has 4 aromatic carbocycles. The number of fused-ring (bicyclic) bond motifs is 6. The van der Waals surface area contributed by atoms with E-state index in [4.69, 9.17) is 13.9 Å². The fraction of sp³-hybridized carbons (Fsp3) is 0.294. The van der Waals surface area contributed by atoms with E-state index in [2.05, 4.69) is 12.7 Å². The fourth-order valence-corrected chi connectivity index (χ4v) is 8.01. The minimum atomic E-state index is -0.459. The molecule has 312 valence electrons. The Morgan fingerprint density at radius 2 is 1.22 bits per heavy atom. The van der Waals surface area contributed by atoms with Gasteiger partial charge in [-0.25, -0.2) is 0 Å². The Morgan fingerprint density at radius 3 is 1.85 bits per heavy atom. The van der Waals surface area contributed by atoms with E-state index in [0.717, 1.165) is 39.0 Å². The molecule has 3 heterocycles. The third-order valence-electron chi connectivity index (χ3n) is 11.3. The fourth-order valence-electron chi connectivity index (χ4n) is 8.01. The van der Waals surface area contributed by atoms with Gasteiger partial charge in [0, 0.05) is 50.9 Å². The van der Waals surface area contributed by atoms with Gasteiger partial charge in [-0.3, -0.25) is 0 Å². The Bertz CT molecular complexity index is 2690. The van der Waals surface area contributed by atoms with Gasteiger partial charge >= 0.3 is 0 Å². The van der Waals surface area contributed by atoms with Gasteiger partial charge in [-0.2, -0.15) is 0 Å². The summed E-state index contributed by atoms with van der Waals surface area (Å²) in [5, 5.41) is 68.5. The molecule has 2 aliphatic heterocycles. The zero-order chi connectivity index (χ0) is 43.3. The molecule has 0 amide bonds. The predicted molar refractivity (Wildman–Crippen MR) is 237 cm³/mol. The Morgan fingerprint density at radius 1 is 0.633 bits per heavy atom. The van der Waals surface area contributed by atoms with Gasteiger partial charge in [0.15, 0.2) is 11.5 Å². The lowest BCUT2D eigenvalue weighted by molar-refractivity contribution is 0.138. The summed E-state index contributed by atoms with van der Waals surface area (Å²) in [7, 11) is 0. The molecule has 0 unspecified atom stereocenters. The molecule has 0 bridgehead atoms. The van der Waals surface area contributed by atoms with Gasteiger partial charge in [-0.15, -0.1) is 0 Å². The average molecular weight is 811 g/mol. The highest BCUT2D eigenvalue weighted by Gasteiger charge is 2.44. The summed E-state index contributed by atoms with van der Waals surface area (Å²) in [5.74, 6) is 0.0369. The number of aromatic hydroxyl groups is 6. The summed E-state index contributed by atoms with van der Waals surface area (Å²) in [5.41, 5.74) is 9.61. The van der Waals surface area contributed by atoms with Crippen molar-refractivity contribution < 1.29 is 44.5 Å². The van der Waals surface area contributed by atoms with Crippen LogP contribution in [0.3, 0.4) is 0 Å². The van der Waals surface area contributed by atoms with Crippen molar-refractivity contribution in [1.29, 1.82) is 0 Å². The van der Waals surface area contributed by atoms with Gasteiger partial charge in [0.1, 0.15) is 51.9 Å². The number of hydrogen-bond acceptors (Lipinski definition) is 9. The first kappa shape index (κ1) is 41.7. The lowest BCUT2D eigenvalue weighted by Crippen LogP contribution is -2.23. The van der Waals surface area contributed by atoms with Crippen molar-refractivity contribution in [2.45, 2.75) is 93.1 Å². The van der Waals surface area contributed by atoms with E-state index in [9.17, 15) is 30.6 Å². The Balaban J connectivity index is 1.46. The van der Waals surface area contributed by atoms with Crippen molar-refractivity contribution in [1.82, 2.24) is 0 Å². The summed E-state index contributed by atoms with van der Waals surface area (Å²) in [6, 6.07) is 9.80. The van der Waals surface area contributed by atoms with E-state index in [-0.39, 0.29) is 70.3 Å². The molecule has 7 rings (SSSR count). The number of hydrogen-bond donors (Lipinski definition) is 6. The number of phenols is 6. The van der Waals surface area contributed by atoms with Gasteiger partial charge in [-0.05, 0) is 122 Å². The van der Waals surface area contributed by atoms with Crippen LogP contribution in [0, 0.1) is 0 Å². The number of rotatable bonds is 11. The third-order valence-corrected chi connectivity index (χ3v) is 11.3. The maximum absolute atomic E-state index is 12.4. The molecule has 9 nitrogen and oxygen atoms in total. The molecule has 0 fully saturated rings. The molecule has 0 saturated carbocycles. The van der Waals surface area contributed by atoms with E-state index >= 15 is 0 Å². The van der Waals surface area contributed by atoms with Crippen LogP contribution in [-0.4, -0.2) is 37.2 Å². The molecule has 5 aromatic rings. The first-order valence-electron chi connectivity index (χ1n) is 20.3. The topological polar surface area (TPSA) is 153 Å². The maximum Gasteiger partial charge on any atom is 0.164 e. The SMILES string of the molecule is C=C(c1cc2c(c(CC=C(C)C)c1O)O[C@H]1c3cc(CC=C(C)C)c(O)cc3OC[C@@H]21)c1c(-c2cc(CC=C(C)C)c(O)cc2O)oc2c(CC=C(C)C)c(O)c(O)cc12. The molecule has 0 radical (unpaired) electrons. The summed E-state index contributed by atoms with van der Waals surface area (Å²) in [4.78, 5) is 0. The summed E-state index contributed by atoms with van der Waals surface area (Å²) in [6.07, 6.45) is 9.00. The quantitative estimate of drug-likeness (QED) is 0.0565. The molecular weight excluding hydrogens is 757 g/mol. The number of phenolic OH excluding ortho intramolecular Hbond substituents is 6. The molecule has 1 aromatic heterocycles. The zero-order valence-corrected chi connectivity index (χ0v) is 35.6. The number of furan rings is 1. The van der Waals surface area contributed by atoms with Gasteiger partial charge in [0.25, 0.3) is 0 Å². The van der Waals surface area contributed by atoms with Crippen molar-refractivity contribution in [3.05, 3.63) is 134 Å². The van der Waals surface area contributed by atoms with Gasteiger partial charge in [0.05, 0.1) is 18.1 Å². The second-order valence-corrected chi connectivity index (χ2v) is 17.0. The van der Waals surface area contributed by atoms with E-state index < -0.39 is 6.10 Å². The molecule has 0 spiro atoms. The van der Waals surface area contributed by atoms with Crippen LogP contribution in [0.25, 0.3) is 27.9 Å². The second-order valence-electron chi connectivity index (χ2n) is 17.0. The highest BCUT2D eigenvalue weighted by Crippen LogP contribution is 2.57. The number of allylic oxidation sites excluding steroid dienone is 8. The Hall–Kier alpha value is -6.48. The maximum atomic E-state index is 12.4. The average Bonchev–Trinajstić information content (AvgIpc) is 3.74. The van der Waals surface area contributed by atoms with Crippen LogP contribution >= 0.6 is 0 Å². The van der Waals surface area contributed by atoms with E-state index in [1.807, 2.05) is 85.8 Å². The minimum absolute atomic E-state index is 0.0572. The van der Waals surface area contributed by atoms with Crippen molar-refractivity contribution >= 4 is 16.5 Å². The second kappa shape index (κ2) is 16.3. The van der Waals surface area contributed by atoms with Crippen LogP contribution in [-0.2, 0) is 25.7 Å². The largest absolute Gasteiger partial charge is 0.508 e. The molecule has 9 heteroatoms. The summed E-state index contributed by atoms with van der Waals surface area (Å²) < 4.78 is 19.8. The smallest absolute Gasteiger partial charge is 0.164 e. The van der Waals surface area contributed by atoms with Gasteiger partial charge < -0.3 is 44.5 Å².